The molecule has 1 aromatic carbocycles. The van der Waals surface area contributed by atoms with Crippen LogP contribution in [0.1, 0.15) is 5.56 Å². The number of para-hydroxylation sites is 1. The van der Waals surface area contributed by atoms with E-state index >= 15 is 0 Å². The lowest BCUT2D eigenvalue weighted by Crippen LogP contribution is -2.37. The number of benzene rings is 1. The van der Waals surface area contributed by atoms with Crippen molar-refractivity contribution in [2.45, 2.75) is 12.2 Å². The van der Waals surface area contributed by atoms with Crippen molar-refractivity contribution in [3.05, 3.63) is 29.8 Å². The molecule has 0 spiro atoms. The largest absolute Gasteiger partial charge is 0.368 e. The zero-order valence-electron chi connectivity index (χ0n) is 9.04. The number of imide groups is 1. The molecular weight excluding hydrogens is 240 g/mol. The van der Waals surface area contributed by atoms with Crippen LogP contribution in [0.3, 0.4) is 0 Å². The molecule has 0 bridgehead atoms. The van der Waals surface area contributed by atoms with Gasteiger partial charge in [-0.2, -0.15) is 0 Å². The number of rotatable bonds is 2. The third-order valence-corrected chi connectivity index (χ3v) is 3.51. The number of carbonyl (C=O) groups is 3. The Morgan fingerprint density at radius 3 is 2.53 bits per heavy atom. The summed E-state index contributed by atoms with van der Waals surface area (Å²) in [6, 6.07) is 6.99. The van der Waals surface area contributed by atoms with Crippen LogP contribution >= 0.6 is 11.8 Å². The van der Waals surface area contributed by atoms with Gasteiger partial charge in [0, 0.05) is 0 Å². The van der Waals surface area contributed by atoms with Crippen molar-refractivity contribution in [3.8, 4) is 0 Å². The maximum atomic E-state index is 11.9. The number of thioether (sulfide) groups is 1. The van der Waals surface area contributed by atoms with Crippen molar-refractivity contribution in [3.63, 3.8) is 0 Å². The summed E-state index contributed by atoms with van der Waals surface area (Å²) >= 11 is 0.656. The first-order valence-corrected chi connectivity index (χ1v) is 5.80. The Labute approximate surface area is 102 Å². The number of nitrogens with zero attached hydrogens (tertiary/aromatic N) is 1. The molecule has 5 nitrogen and oxygen atoms in total. The van der Waals surface area contributed by atoms with Crippen LogP contribution in [0.2, 0.25) is 0 Å². The maximum Gasteiger partial charge on any atom is 0.294 e. The van der Waals surface area contributed by atoms with Crippen molar-refractivity contribution >= 4 is 34.5 Å². The van der Waals surface area contributed by atoms with Crippen LogP contribution in [0, 0.1) is 6.92 Å². The average Bonchev–Trinajstić information content (AvgIpc) is 2.56. The normalized spacial score (nSPS) is 19.8. The standard InChI is InChI=1S/C11H10N2O3S/c1-6-4-2-3-5-7(6)13-10(15)8(9(12)14)17-11(13)16/h2-5,8H,1H3,(H2,12,14)/t8-/m0/s1. The lowest BCUT2D eigenvalue weighted by Gasteiger charge is -2.15. The summed E-state index contributed by atoms with van der Waals surface area (Å²) in [5, 5.41) is -1.57. The van der Waals surface area contributed by atoms with E-state index in [4.69, 9.17) is 5.73 Å². The predicted molar refractivity (Wildman–Crippen MR) is 64.6 cm³/mol. The first-order valence-electron chi connectivity index (χ1n) is 4.92. The van der Waals surface area contributed by atoms with Gasteiger partial charge >= 0.3 is 0 Å². The SMILES string of the molecule is Cc1ccccc1N1C(=O)S[C@@H](C(N)=O)C1=O. The molecule has 6 heteroatoms. The van der Waals surface area contributed by atoms with E-state index in [-0.39, 0.29) is 0 Å². The third kappa shape index (κ3) is 1.91. The Morgan fingerprint density at radius 2 is 2.00 bits per heavy atom. The van der Waals surface area contributed by atoms with Gasteiger partial charge in [0.15, 0.2) is 5.25 Å². The number of nitrogens with two attached hydrogens (primary N) is 1. The highest BCUT2D eigenvalue weighted by molar-refractivity contribution is 8.16. The third-order valence-electron chi connectivity index (χ3n) is 2.46. The number of hydrogen-bond donors (Lipinski definition) is 1. The molecule has 0 unspecified atom stereocenters. The molecule has 88 valence electrons. The van der Waals surface area contributed by atoms with Crippen LogP contribution in [-0.2, 0) is 9.59 Å². The van der Waals surface area contributed by atoms with Crippen LogP contribution in [0.25, 0.3) is 0 Å². The summed E-state index contributed by atoms with van der Waals surface area (Å²) in [7, 11) is 0. The zero-order chi connectivity index (χ0) is 12.6. The molecule has 1 heterocycles. The number of aryl methyl sites for hydroxylation is 1. The van der Waals surface area contributed by atoms with Gasteiger partial charge in [-0.3, -0.25) is 14.4 Å². The molecular formula is C11H10N2O3S. The van der Waals surface area contributed by atoms with Crippen LogP contribution < -0.4 is 10.6 Å². The van der Waals surface area contributed by atoms with Gasteiger partial charge in [-0.25, -0.2) is 4.90 Å². The average molecular weight is 250 g/mol. The Hall–Kier alpha value is -1.82. The van der Waals surface area contributed by atoms with Crippen LogP contribution in [0.15, 0.2) is 24.3 Å². The maximum absolute atomic E-state index is 11.9. The van der Waals surface area contributed by atoms with Crippen molar-refractivity contribution in [1.29, 1.82) is 0 Å². The Bertz CT molecular complexity index is 515. The lowest BCUT2D eigenvalue weighted by molar-refractivity contribution is -0.124. The highest BCUT2D eigenvalue weighted by atomic mass is 32.2. The highest BCUT2D eigenvalue weighted by Crippen LogP contribution is 2.33. The second-order valence-electron chi connectivity index (χ2n) is 3.63. The second kappa shape index (κ2) is 4.21. The van der Waals surface area contributed by atoms with E-state index in [0.717, 1.165) is 10.5 Å². The molecule has 1 saturated heterocycles. The van der Waals surface area contributed by atoms with E-state index in [1.807, 2.05) is 6.07 Å². The van der Waals surface area contributed by atoms with E-state index in [2.05, 4.69) is 0 Å². The van der Waals surface area contributed by atoms with Crippen molar-refractivity contribution in [2.75, 3.05) is 4.90 Å². The van der Waals surface area contributed by atoms with E-state index in [1.54, 1.807) is 25.1 Å². The fourth-order valence-electron chi connectivity index (χ4n) is 1.62. The van der Waals surface area contributed by atoms with Gasteiger partial charge in [0.05, 0.1) is 5.69 Å². The minimum atomic E-state index is -1.11. The fraction of sp³-hybridized carbons (Fsp3) is 0.182. The van der Waals surface area contributed by atoms with E-state index in [1.165, 1.54) is 0 Å². The van der Waals surface area contributed by atoms with Gasteiger partial charge in [0.25, 0.3) is 11.1 Å². The minimum absolute atomic E-state index is 0.465. The second-order valence-corrected chi connectivity index (χ2v) is 4.68. The molecule has 1 aromatic rings. The van der Waals surface area contributed by atoms with Crippen molar-refractivity contribution in [1.82, 2.24) is 0 Å². The van der Waals surface area contributed by atoms with Gasteiger partial charge in [-0.1, -0.05) is 18.2 Å². The summed E-state index contributed by atoms with van der Waals surface area (Å²) in [5.41, 5.74) is 6.36. The molecule has 1 aliphatic heterocycles. The summed E-state index contributed by atoms with van der Waals surface area (Å²) < 4.78 is 0. The molecule has 1 aliphatic rings. The molecule has 17 heavy (non-hydrogen) atoms. The summed E-state index contributed by atoms with van der Waals surface area (Å²) in [6.07, 6.45) is 0. The molecule has 1 fully saturated rings. The number of anilines is 1. The first kappa shape index (κ1) is 11.7. The highest BCUT2D eigenvalue weighted by Gasteiger charge is 2.44. The monoisotopic (exact) mass is 250 g/mol. The first-order chi connectivity index (χ1) is 8.02. The molecule has 3 amide bonds. The van der Waals surface area contributed by atoms with Gasteiger partial charge in [0.2, 0.25) is 5.91 Å². The Balaban J connectivity index is 2.41. The van der Waals surface area contributed by atoms with E-state index in [0.29, 0.717) is 17.4 Å². The molecule has 0 aliphatic carbocycles. The molecule has 1 atom stereocenters. The van der Waals surface area contributed by atoms with Gasteiger partial charge < -0.3 is 5.73 Å². The van der Waals surface area contributed by atoms with E-state index < -0.39 is 22.3 Å². The summed E-state index contributed by atoms with van der Waals surface area (Å²) in [6.45, 7) is 1.79. The summed E-state index contributed by atoms with van der Waals surface area (Å²) in [4.78, 5) is 35.6. The zero-order valence-corrected chi connectivity index (χ0v) is 9.86. The Kier molecular flexibility index (Phi) is 2.89. The van der Waals surface area contributed by atoms with Gasteiger partial charge in [-0.15, -0.1) is 0 Å². The number of carbonyl (C=O) groups excluding carboxylic acids is 3. The topological polar surface area (TPSA) is 80.5 Å². The molecule has 0 radical (unpaired) electrons. The fourth-order valence-corrected chi connectivity index (χ4v) is 2.44. The predicted octanol–water partition coefficient (Wildman–Crippen LogP) is 1.05. The van der Waals surface area contributed by atoms with Crippen LogP contribution in [0.4, 0.5) is 10.5 Å². The van der Waals surface area contributed by atoms with Gasteiger partial charge in [-0.05, 0) is 30.3 Å². The van der Waals surface area contributed by atoms with Crippen molar-refractivity contribution in [2.24, 2.45) is 5.73 Å². The Morgan fingerprint density at radius 1 is 1.35 bits per heavy atom. The molecule has 0 saturated carbocycles. The quantitative estimate of drug-likeness (QED) is 0.795. The van der Waals surface area contributed by atoms with E-state index in [9.17, 15) is 14.4 Å². The number of amides is 3. The minimum Gasteiger partial charge on any atom is -0.368 e. The van der Waals surface area contributed by atoms with Gasteiger partial charge in [0.1, 0.15) is 0 Å². The number of primary amides is 1. The summed E-state index contributed by atoms with van der Waals surface area (Å²) in [5.74, 6) is -1.36. The molecule has 2 N–H and O–H groups in total. The van der Waals surface area contributed by atoms with Crippen LogP contribution in [0.5, 0.6) is 0 Å². The van der Waals surface area contributed by atoms with Crippen molar-refractivity contribution < 1.29 is 14.4 Å². The number of hydrogen-bond acceptors (Lipinski definition) is 4. The smallest absolute Gasteiger partial charge is 0.294 e. The lowest BCUT2D eigenvalue weighted by atomic mass is 10.2. The van der Waals surface area contributed by atoms with Crippen LogP contribution in [-0.4, -0.2) is 22.3 Å². The molecule has 2 rings (SSSR count). The molecule has 0 aromatic heterocycles.